The van der Waals surface area contributed by atoms with Gasteiger partial charge in [0.05, 0.1) is 24.3 Å². The van der Waals surface area contributed by atoms with Crippen molar-refractivity contribution in [2.45, 2.75) is 26.2 Å². The average molecular weight is 326 g/mol. The lowest BCUT2D eigenvalue weighted by Crippen LogP contribution is -2.18. The van der Waals surface area contributed by atoms with Crippen LogP contribution in [-0.4, -0.2) is 21.3 Å². The molecule has 0 bridgehead atoms. The van der Waals surface area contributed by atoms with Crippen molar-refractivity contribution in [3.63, 3.8) is 0 Å². The second-order valence-corrected chi connectivity index (χ2v) is 5.98. The van der Waals surface area contributed by atoms with Crippen molar-refractivity contribution in [3.05, 3.63) is 59.2 Å². The van der Waals surface area contributed by atoms with E-state index in [1.807, 2.05) is 37.3 Å². The van der Waals surface area contributed by atoms with Crippen molar-refractivity contribution in [3.8, 4) is 0 Å². The second kappa shape index (κ2) is 6.87. The number of esters is 1. The molecule has 0 amide bonds. The molecule has 3 aromatic rings. The Hall–Kier alpha value is -2.27. The summed E-state index contributed by atoms with van der Waals surface area (Å²) in [5.74, 6) is -0.527. The summed E-state index contributed by atoms with van der Waals surface area (Å²) in [5.41, 5.74) is 4.94. The first-order chi connectivity index (χ1) is 11.2. The standard InChI is InChI=1S/C18H18N2O2S/c1-3-22-18(21)15(10-13-7-5-4-6-12(13)2)14-8-9-16-17(11-14)20-23-19-16/h4-9,11,15H,3,10H2,1-2H3. The normalized spacial score (nSPS) is 12.3. The van der Waals surface area contributed by atoms with Crippen LogP contribution in [0.15, 0.2) is 42.5 Å². The van der Waals surface area contributed by atoms with Gasteiger partial charge in [-0.25, -0.2) is 0 Å². The zero-order valence-electron chi connectivity index (χ0n) is 13.2. The molecule has 0 aliphatic carbocycles. The molecule has 23 heavy (non-hydrogen) atoms. The van der Waals surface area contributed by atoms with Crippen LogP contribution in [0, 0.1) is 6.92 Å². The average Bonchev–Trinajstić information content (AvgIpc) is 3.01. The van der Waals surface area contributed by atoms with Gasteiger partial charge in [0.15, 0.2) is 0 Å². The largest absolute Gasteiger partial charge is 0.466 e. The maximum atomic E-state index is 12.5. The molecule has 118 valence electrons. The number of benzene rings is 2. The topological polar surface area (TPSA) is 52.1 Å². The van der Waals surface area contributed by atoms with E-state index in [9.17, 15) is 4.79 Å². The Balaban J connectivity index is 1.97. The number of carbonyl (C=O) groups is 1. The van der Waals surface area contributed by atoms with E-state index in [0.717, 1.165) is 22.2 Å². The van der Waals surface area contributed by atoms with E-state index in [-0.39, 0.29) is 11.9 Å². The summed E-state index contributed by atoms with van der Waals surface area (Å²) < 4.78 is 13.8. The molecule has 0 saturated carbocycles. The molecular formula is C18H18N2O2S. The van der Waals surface area contributed by atoms with Gasteiger partial charge in [-0.2, -0.15) is 8.75 Å². The molecule has 1 atom stereocenters. The van der Waals surface area contributed by atoms with E-state index in [0.29, 0.717) is 13.0 Å². The third kappa shape index (κ3) is 3.40. The van der Waals surface area contributed by atoms with Crippen molar-refractivity contribution < 1.29 is 9.53 Å². The predicted octanol–water partition coefficient (Wildman–Crippen LogP) is 3.89. The molecule has 0 radical (unpaired) electrons. The Bertz CT molecular complexity index is 829. The van der Waals surface area contributed by atoms with Crippen LogP contribution in [0.3, 0.4) is 0 Å². The lowest BCUT2D eigenvalue weighted by atomic mass is 9.90. The van der Waals surface area contributed by atoms with E-state index < -0.39 is 0 Å². The van der Waals surface area contributed by atoms with Crippen molar-refractivity contribution in [2.24, 2.45) is 0 Å². The molecule has 0 fully saturated rings. The van der Waals surface area contributed by atoms with Gasteiger partial charge < -0.3 is 4.74 Å². The Morgan fingerprint density at radius 3 is 2.74 bits per heavy atom. The molecule has 1 heterocycles. The van der Waals surface area contributed by atoms with Crippen LogP contribution in [-0.2, 0) is 16.0 Å². The molecule has 2 aromatic carbocycles. The van der Waals surface area contributed by atoms with Gasteiger partial charge in [-0.05, 0) is 49.1 Å². The second-order valence-electron chi connectivity index (χ2n) is 5.45. The number of hydrogen-bond donors (Lipinski definition) is 0. The number of fused-ring (bicyclic) bond motifs is 1. The number of carbonyl (C=O) groups excluding carboxylic acids is 1. The summed E-state index contributed by atoms with van der Waals surface area (Å²) in [6.07, 6.45) is 0.620. The van der Waals surface area contributed by atoms with Crippen LogP contribution in [0.2, 0.25) is 0 Å². The number of nitrogens with zero attached hydrogens (tertiary/aromatic N) is 2. The number of aromatic nitrogens is 2. The van der Waals surface area contributed by atoms with Crippen molar-refractivity contribution >= 4 is 28.7 Å². The quantitative estimate of drug-likeness (QED) is 0.668. The summed E-state index contributed by atoms with van der Waals surface area (Å²) >= 11 is 1.18. The minimum atomic E-state index is -0.331. The zero-order chi connectivity index (χ0) is 16.2. The van der Waals surface area contributed by atoms with Crippen molar-refractivity contribution in [2.75, 3.05) is 6.61 Å². The zero-order valence-corrected chi connectivity index (χ0v) is 14.0. The molecule has 4 nitrogen and oxygen atoms in total. The SMILES string of the molecule is CCOC(=O)C(Cc1ccccc1C)c1ccc2nsnc2c1. The smallest absolute Gasteiger partial charge is 0.313 e. The van der Waals surface area contributed by atoms with Crippen molar-refractivity contribution in [1.29, 1.82) is 0 Å². The molecular weight excluding hydrogens is 308 g/mol. The minimum absolute atomic E-state index is 0.196. The Labute approximate surface area is 139 Å². The highest BCUT2D eigenvalue weighted by Gasteiger charge is 2.23. The summed E-state index contributed by atoms with van der Waals surface area (Å²) in [6.45, 7) is 4.27. The molecule has 1 unspecified atom stereocenters. The number of rotatable bonds is 5. The molecule has 3 rings (SSSR count). The summed E-state index contributed by atoms with van der Waals surface area (Å²) in [7, 11) is 0. The van der Waals surface area contributed by atoms with Crippen LogP contribution >= 0.6 is 11.7 Å². The van der Waals surface area contributed by atoms with Crippen LogP contribution in [0.1, 0.15) is 29.5 Å². The van der Waals surface area contributed by atoms with Crippen LogP contribution < -0.4 is 0 Å². The van der Waals surface area contributed by atoms with E-state index in [1.165, 1.54) is 17.3 Å². The highest BCUT2D eigenvalue weighted by atomic mass is 32.1. The van der Waals surface area contributed by atoms with Crippen molar-refractivity contribution in [1.82, 2.24) is 8.75 Å². The number of aryl methyl sites for hydroxylation is 1. The van der Waals surface area contributed by atoms with E-state index in [2.05, 4.69) is 27.8 Å². The van der Waals surface area contributed by atoms with Gasteiger partial charge in [0.1, 0.15) is 11.0 Å². The highest BCUT2D eigenvalue weighted by molar-refractivity contribution is 7.00. The van der Waals surface area contributed by atoms with Gasteiger partial charge in [-0.3, -0.25) is 4.79 Å². The van der Waals surface area contributed by atoms with E-state index >= 15 is 0 Å². The fraction of sp³-hybridized carbons (Fsp3) is 0.278. The Morgan fingerprint density at radius 2 is 1.96 bits per heavy atom. The Morgan fingerprint density at radius 1 is 1.17 bits per heavy atom. The van der Waals surface area contributed by atoms with E-state index in [4.69, 9.17) is 4.74 Å². The Kier molecular flexibility index (Phi) is 4.67. The summed E-state index contributed by atoms with van der Waals surface area (Å²) in [4.78, 5) is 12.5. The van der Waals surface area contributed by atoms with Gasteiger partial charge in [-0.15, -0.1) is 0 Å². The molecule has 0 spiro atoms. The fourth-order valence-electron chi connectivity index (χ4n) is 2.66. The first kappa shape index (κ1) is 15.6. The molecule has 5 heteroatoms. The monoisotopic (exact) mass is 326 g/mol. The van der Waals surface area contributed by atoms with Gasteiger partial charge in [0.2, 0.25) is 0 Å². The molecule has 0 saturated heterocycles. The summed E-state index contributed by atoms with van der Waals surface area (Å²) in [6, 6.07) is 13.9. The van der Waals surface area contributed by atoms with E-state index in [1.54, 1.807) is 0 Å². The third-order valence-electron chi connectivity index (χ3n) is 3.94. The molecule has 0 aliphatic rings. The highest BCUT2D eigenvalue weighted by Crippen LogP contribution is 2.26. The predicted molar refractivity (Wildman–Crippen MR) is 91.7 cm³/mol. The number of ether oxygens (including phenoxy) is 1. The van der Waals surface area contributed by atoms with Gasteiger partial charge in [0, 0.05) is 0 Å². The fourth-order valence-corrected chi connectivity index (χ4v) is 3.17. The molecule has 1 aromatic heterocycles. The minimum Gasteiger partial charge on any atom is -0.466 e. The van der Waals surface area contributed by atoms with Crippen LogP contribution in [0.25, 0.3) is 11.0 Å². The third-order valence-corrected chi connectivity index (χ3v) is 4.49. The van der Waals surface area contributed by atoms with Crippen LogP contribution in [0.5, 0.6) is 0 Å². The lowest BCUT2D eigenvalue weighted by Gasteiger charge is -2.17. The lowest BCUT2D eigenvalue weighted by molar-refractivity contribution is -0.144. The maximum absolute atomic E-state index is 12.5. The first-order valence-electron chi connectivity index (χ1n) is 7.62. The summed E-state index contributed by atoms with van der Waals surface area (Å²) in [5, 5.41) is 0. The number of hydrogen-bond acceptors (Lipinski definition) is 5. The first-order valence-corrected chi connectivity index (χ1v) is 8.35. The van der Waals surface area contributed by atoms with Crippen LogP contribution in [0.4, 0.5) is 0 Å². The molecule has 0 N–H and O–H groups in total. The van der Waals surface area contributed by atoms with Gasteiger partial charge in [0.25, 0.3) is 0 Å². The van der Waals surface area contributed by atoms with Gasteiger partial charge in [-0.1, -0.05) is 30.3 Å². The van der Waals surface area contributed by atoms with Gasteiger partial charge >= 0.3 is 5.97 Å². The molecule has 0 aliphatic heterocycles. The maximum Gasteiger partial charge on any atom is 0.313 e.